The monoisotopic (exact) mass is 253 g/mol. The van der Waals surface area contributed by atoms with Gasteiger partial charge in [0.15, 0.2) is 5.43 Å². The molecule has 4 nitrogen and oxygen atoms in total. The summed E-state index contributed by atoms with van der Waals surface area (Å²) in [6.07, 6.45) is 1.61. The Morgan fingerprint density at radius 2 is 1.58 bits per heavy atom. The lowest BCUT2D eigenvalue weighted by atomic mass is 10.0. The molecule has 0 aliphatic carbocycles. The number of benzene rings is 2. The predicted molar refractivity (Wildman–Crippen MR) is 73.3 cm³/mol. The number of phenols is 2. The van der Waals surface area contributed by atoms with Crippen molar-refractivity contribution in [2.75, 3.05) is 0 Å². The highest BCUT2D eigenvalue weighted by molar-refractivity contribution is 5.84. The van der Waals surface area contributed by atoms with Crippen LogP contribution in [0.1, 0.15) is 0 Å². The number of nitrogens with one attached hydrogen (secondary N) is 1. The summed E-state index contributed by atoms with van der Waals surface area (Å²) in [5, 5.41) is 19.2. The first-order valence-corrected chi connectivity index (χ1v) is 5.79. The third-order valence-corrected chi connectivity index (χ3v) is 3.04. The zero-order chi connectivity index (χ0) is 13.4. The van der Waals surface area contributed by atoms with Crippen molar-refractivity contribution in [1.29, 1.82) is 0 Å². The minimum atomic E-state index is -0.112. The minimum Gasteiger partial charge on any atom is -0.508 e. The number of hydrogen-bond acceptors (Lipinski definition) is 3. The number of pyridine rings is 1. The molecule has 0 amide bonds. The third kappa shape index (κ3) is 1.93. The van der Waals surface area contributed by atoms with Gasteiger partial charge in [-0.1, -0.05) is 12.1 Å². The second-order valence-electron chi connectivity index (χ2n) is 4.31. The molecule has 3 aromatic rings. The van der Waals surface area contributed by atoms with E-state index in [-0.39, 0.29) is 16.9 Å². The first kappa shape index (κ1) is 11.3. The zero-order valence-corrected chi connectivity index (χ0v) is 9.92. The molecule has 3 rings (SSSR count). The van der Waals surface area contributed by atoms with Gasteiger partial charge in [-0.3, -0.25) is 4.79 Å². The Kier molecular flexibility index (Phi) is 2.49. The van der Waals surface area contributed by atoms with Gasteiger partial charge in [0.1, 0.15) is 11.5 Å². The molecule has 0 aliphatic heterocycles. The second-order valence-corrected chi connectivity index (χ2v) is 4.31. The van der Waals surface area contributed by atoms with Gasteiger partial charge in [-0.2, -0.15) is 0 Å². The van der Waals surface area contributed by atoms with Gasteiger partial charge in [0, 0.05) is 23.2 Å². The Hall–Kier alpha value is -2.75. The van der Waals surface area contributed by atoms with Crippen molar-refractivity contribution in [2.45, 2.75) is 0 Å². The van der Waals surface area contributed by atoms with E-state index in [2.05, 4.69) is 4.98 Å². The van der Waals surface area contributed by atoms with E-state index in [9.17, 15) is 15.0 Å². The first-order valence-electron chi connectivity index (χ1n) is 5.79. The van der Waals surface area contributed by atoms with Gasteiger partial charge in [0.2, 0.25) is 0 Å². The topological polar surface area (TPSA) is 73.3 Å². The molecule has 0 saturated heterocycles. The lowest BCUT2D eigenvalue weighted by molar-refractivity contribution is 0.475. The molecule has 0 fully saturated rings. The average Bonchev–Trinajstić information content (AvgIpc) is 2.40. The van der Waals surface area contributed by atoms with Crippen molar-refractivity contribution in [3.05, 3.63) is 58.9 Å². The smallest absolute Gasteiger partial charge is 0.197 e. The molecule has 0 saturated carbocycles. The SMILES string of the molecule is O=c1c(-c2ccc(O)cc2)c[nH]c2cc(O)ccc12. The molecular weight excluding hydrogens is 242 g/mol. The van der Waals surface area contributed by atoms with Crippen molar-refractivity contribution in [3.63, 3.8) is 0 Å². The number of hydrogen-bond donors (Lipinski definition) is 3. The number of aromatic hydroxyl groups is 2. The highest BCUT2D eigenvalue weighted by Gasteiger charge is 2.07. The zero-order valence-electron chi connectivity index (χ0n) is 9.92. The summed E-state index contributed by atoms with van der Waals surface area (Å²) in [5.41, 5.74) is 1.74. The van der Waals surface area contributed by atoms with Crippen LogP contribution < -0.4 is 5.43 Å². The molecule has 2 aromatic carbocycles. The normalized spacial score (nSPS) is 10.7. The molecule has 0 spiro atoms. The van der Waals surface area contributed by atoms with Gasteiger partial charge < -0.3 is 15.2 Å². The Bertz CT molecular complexity index is 804. The highest BCUT2D eigenvalue weighted by Crippen LogP contribution is 2.21. The molecule has 0 aliphatic rings. The van der Waals surface area contributed by atoms with E-state index in [0.717, 1.165) is 5.56 Å². The van der Waals surface area contributed by atoms with Crippen molar-refractivity contribution in [3.8, 4) is 22.6 Å². The third-order valence-electron chi connectivity index (χ3n) is 3.04. The molecule has 0 atom stereocenters. The Labute approximate surface area is 108 Å². The van der Waals surface area contributed by atoms with Crippen LogP contribution in [0, 0.1) is 0 Å². The van der Waals surface area contributed by atoms with Gasteiger partial charge in [-0.15, -0.1) is 0 Å². The van der Waals surface area contributed by atoms with Crippen LogP contribution >= 0.6 is 0 Å². The second kappa shape index (κ2) is 4.17. The van der Waals surface area contributed by atoms with Gasteiger partial charge in [0.05, 0.1) is 5.52 Å². The van der Waals surface area contributed by atoms with Gasteiger partial charge in [0.25, 0.3) is 0 Å². The Morgan fingerprint density at radius 3 is 2.32 bits per heavy atom. The number of aromatic amines is 1. The van der Waals surface area contributed by atoms with Gasteiger partial charge in [-0.25, -0.2) is 0 Å². The Balaban J connectivity index is 2.26. The van der Waals surface area contributed by atoms with E-state index < -0.39 is 0 Å². The van der Waals surface area contributed by atoms with Crippen LogP contribution in [-0.2, 0) is 0 Å². The predicted octanol–water partition coefficient (Wildman–Crippen LogP) is 2.61. The fourth-order valence-electron chi connectivity index (χ4n) is 2.07. The van der Waals surface area contributed by atoms with E-state index in [4.69, 9.17) is 0 Å². The van der Waals surface area contributed by atoms with Crippen LogP contribution in [0.5, 0.6) is 11.5 Å². The van der Waals surface area contributed by atoms with Crippen LogP contribution in [0.15, 0.2) is 53.5 Å². The molecule has 1 aromatic heterocycles. The number of H-pyrrole nitrogens is 1. The summed E-state index contributed by atoms with van der Waals surface area (Å²) in [4.78, 5) is 15.4. The lowest BCUT2D eigenvalue weighted by Crippen LogP contribution is -2.06. The summed E-state index contributed by atoms with van der Waals surface area (Å²) in [7, 11) is 0. The number of phenolic OH excluding ortho intramolecular Hbond substituents is 2. The summed E-state index contributed by atoms with van der Waals surface area (Å²) >= 11 is 0. The summed E-state index contributed by atoms with van der Waals surface area (Å²) in [6.45, 7) is 0. The number of fused-ring (bicyclic) bond motifs is 1. The number of rotatable bonds is 1. The van der Waals surface area contributed by atoms with Crippen LogP contribution in [0.2, 0.25) is 0 Å². The molecule has 4 heteroatoms. The van der Waals surface area contributed by atoms with E-state index in [0.29, 0.717) is 16.5 Å². The van der Waals surface area contributed by atoms with Crippen molar-refractivity contribution in [1.82, 2.24) is 4.98 Å². The van der Waals surface area contributed by atoms with Gasteiger partial charge in [-0.05, 0) is 29.8 Å². The first-order chi connectivity index (χ1) is 9.15. The lowest BCUT2D eigenvalue weighted by Gasteiger charge is -2.04. The van der Waals surface area contributed by atoms with Crippen LogP contribution in [0.25, 0.3) is 22.0 Å². The minimum absolute atomic E-state index is 0.112. The molecule has 1 heterocycles. The largest absolute Gasteiger partial charge is 0.508 e. The summed E-state index contributed by atoms with van der Waals surface area (Å²) in [6, 6.07) is 11.0. The average molecular weight is 253 g/mol. The maximum Gasteiger partial charge on any atom is 0.197 e. The maximum absolute atomic E-state index is 12.4. The van der Waals surface area contributed by atoms with Crippen molar-refractivity contribution < 1.29 is 10.2 Å². The molecule has 0 radical (unpaired) electrons. The molecule has 94 valence electrons. The van der Waals surface area contributed by atoms with Gasteiger partial charge >= 0.3 is 0 Å². The van der Waals surface area contributed by atoms with Crippen LogP contribution in [0.4, 0.5) is 0 Å². The van der Waals surface area contributed by atoms with Crippen LogP contribution in [-0.4, -0.2) is 15.2 Å². The van der Waals surface area contributed by atoms with E-state index in [1.165, 1.54) is 24.3 Å². The fourth-order valence-corrected chi connectivity index (χ4v) is 2.07. The van der Waals surface area contributed by atoms with E-state index in [1.54, 1.807) is 24.4 Å². The molecule has 0 bridgehead atoms. The van der Waals surface area contributed by atoms with E-state index in [1.807, 2.05) is 0 Å². The summed E-state index contributed by atoms with van der Waals surface area (Å²) in [5.74, 6) is 0.270. The molecule has 0 unspecified atom stereocenters. The Morgan fingerprint density at radius 1 is 0.895 bits per heavy atom. The number of aromatic nitrogens is 1. The fraction of sp³-hybridized carbons (Fsp3) is 0. The van der Waals surface area contributed by atoms with E-state index >= 15 is 0 Å². The standard InChI is InChI=1S/C15H11NO3/c17-10-3-1-9(2-4-10)13-8-16-14-7-11(18)5-6-12(14)15(13)19/h1-8,17-18H,(H,16,19). The molecule has 19 heavy (non-hydrogen) atoms. The quantitative estimate of drug-likeness (QED) is 0.624. The molecular formula is C15H11NO3. The highest BCUT2D eigenvalue weighted by atomic mass is 16.3. The van der Waals surface area contributed by atoms with Crippen molar-refractivity contribution in [2.24, 2.45) is 0 Å². The summed E-state index contributed by atoms with van der Waals surface area (Å²) < 4.78 is 0. The molecule has 3 N–H and O–H groups in total. The maximum atomic E-state index is 12.4. The van der Waals surface area contributed by atoms with Crippen molar-refractivity contribution >= 4 is 10.9 Å². The van der Waals surface area contributed by atoms with Crippen LogP contribution in [0.3, 0.4) is 0 Å².